The van der Waals surface area contributed by atoms with Crippen LogP contribution >= 0.6 is 23.4 Å². The van der Waals surface area contributed by atoms with Crippen molar-refractivity contribution in [1.29, 1.82) is 0 Å². The highest BCUT2D eigenvalue weighted by molar-refractivity contribution is 7.98. The fraction of sp³-hybridized carbons (Fsp3) is 0.179. The minimum absolute atomic E-state index is 0.0336. The summed E-state index contributed by atoms with van der Waals surface area (Å²) in [5, 5.41) is 23.4. The van der Waals surface area contributed by atoms with E-state index in [9.17, 15) is 19.8 Å². The first-order chi connectivity index (χ1) is 17.3. The predicted octanol–water partition coefficient (Wildman–Crippen LogP) is 6.34. The molecule has 36 heavy (non-hydrogen) atoms. The van der Waals surface area contributed by atoms with Gasteiger partial charge in [0.2, 0.25) is 0 Å². The zero-order chi connectivity index (χ0) is 25.7. The smallest absolute Gasteiger partial charge is 0.336 e. The molecule has 0 saturated heterocycles. The maximum Gasteiger partial charge on any atom is 0.336 e. The van der Waals surface area contributed by atoms with Gasteiger partial charge in [-0.3, -0.25) is 4.79 Å². The lowest BCUT2D eigenvalue weighted by Crippen LogP contribution is -2.36. The topological polar surface area (TPSA) is 99.5 Å². The fourth-order valence-electron chi connectivity index (χ4n) is 3.85. The molecule has 3 aromatic carbocycles. The molecule has 0 saturated carbocycles. The zero-order valence-corrected chi connectivity index (χ0v) is 21.1. The number of phenolic OH excluding ortho intramolecular Hbond substituents is 1. The molecule has 0 aliphatic carbocycles. The molecule has 4 aromatic rings. The molecule has 1 amide bonds. The van der Waals surface area contributed by atoms with Gasteiger partial charge in [0.05, 0.1) is 11.1 Å². The number of fused-ring (bicyclic) bond motifs is 1. The summed E-state index contributed by atoms with van der Waals surface area (Å²) in [6, 6.07) is 21.0. The first-order valence-corrected chi connectivity index (χ1v) is 12.8. The van der Waals surface area contributed by atoms with E-state index in [1.165, 1.54) is 6.07 Å². The summed E-state index contributed by atoms with van der Waals surface area (Å²) >= 11 is 7.66. The van der Waals surface area contributed by atoms with Crippen LogP contribution in [0.1, 0.15) is 45.3 Å². The van der Waals surface area contributed by atoms with Crippen LogP contribution in [0.4, 0.5) is 0 Å². The van der Waals surface area contributed by atoms with E-state index >= 15 is 0 Å². The number of carbonyl (C=O) groups is 2. The number of hydrogen-bond donors (Lipinski definition) is 3. The lowest BCUT2D eigenvalue weighted by atomic mass is 10.0. The summed E-state index contributed by atoms with van der Waals surface area (Å²) in [4.78, 5) is 30.6. The Morgan fingerprint density at radius 2 is 1.78 bits per heavy atom. The first kappa shape index (κ1) is 25.5. The summed E-state index contributed by atoms with van der Waals surface area (Å²) in [6.45, 7) is 1.96. The van der Waals surface area contributed by atoms with Gasteiger partial charge in [0.25, 0.3) is 5.91 Å². The summed E-state index contributed by atoms with van der Waals surface area (Å²) in [7, 11) is 0. The standard InChI is InChI=1S/C28H25ClN2O4S/c1-2-20(12-17-6-9-21(32)10-7-17)30-27(33)26-15-24(28(34)35)23-13-18(8-11-25(23)31-26)16-36-22-5-3-4-19(29)14-22/h3-11,13-15,20,32H,2,12,16H2,1H3,(H,30,33)(H,34,35). The van der Waals surface area contributed by atoms with Crippen LogP contribution in [0, 0.1) is 0 Å². The molecule has 1 unspecified atom stereocenters. The van der Waals surface area contributed by atoms with Crippen LogP contribution in [0.15, 0.2) is 77.7 Å². The SMILES string of the molecule is CCC(Cc1ccc(O)cc1)NC(=O)c1cc(C(=O)O)c2cc(CSc3cccc(Cl)c3)ccc2n1. The van der Waals surface area contributed by atoms with Crippen LogP contribution in [0.3, 0.4) is 0 Å². The molecule has 184 valence electrons. The van der Waals surface area contributed by atoms with E-state index in [0.29, 0.717) is 34.5 Å². The predicted molar refractivity (Wildman–Crippen MR) is 143 cm³/mol. The van der Waals surface area contributed by atoms with Gasteiger partial charge in [-0.2, -0.15) is 0 Å². The molecule has 4 rings (SSSR count). The number of nitrogens with one attached hydrogen (secondary N) is 1. The number of aromatic carboxylic acids is 1. The third kappa shape index (κ3) is 6.36. The van der Waals surface area contributed by atoms with Gasteiger partial charge in [0, 0.05) is 27.1 Å². The summed E-state index contributed by atoms with van der Waals surface area (Å²) in [6.07, 6.45) is 1.26. The number of benzene rings is 3. The maximum absolute atomic E-state index is 13.0. The van der Waals surface area contributed by atoms with Crippen LogP contribution in [-0.4, -0.2) is 33.1 Å². The van der Waals surface area contributed by atoms with E-state index < -0.39 is 11.9 Å². The van der Waals surface area contributed by atoms with Crippen molar-refractivity contribution in [3.05, 3.63) is 100 Å². The number of aromatic hydroxyl groups is 1. The second-order valence-electron chi connectivity index (χ2n) is 8.41. The Kier molecular flexibility index (Phi) is 8.13. The normalized spacial score (nSPS) is 11.8. The minimum atomic E-state index is -1.12. The number of amides is 1. The summed E-state index contributed by atoms with van der Waals surface area (Å²) < 4.78 is 0. The summed E-state index contributed by atoms with van der Waals surface area (Å²) in [5.74, 6) is -0.728. The van der Waals surface area contributed by atoms with Crippen LogP contribution in [0.25, 0.3) is 10.9 Å². The van der Waals surface area contributed by atoms with E-state index in [0.717, 1.165) is 16.0 Å². The molecule has 0 radical (unpaired) electrons. The lowest BCUT2D eigenvalue weighted by Gasteiger charge is -2.17. The molecule has 8 heteroatoms. The van der Waals surface area contributed by atoms with Crippen LogP contribution in [0.2, 0.25) is 5.02 Å². The molecule has 0 aliphatic heterocycles. The van der Waals surface area contributed by atoms with E-state index in [2.05, 4.69) is 10.3 Å². The minimum Gasteiger partial charge on any atom is -0.508 e. The van der Waals surface area contributed by atoms with E-state index in [-0.39, 0.29) is 23.0 Å². The van der Waals surface area contributed by atoms with E-state index in [4.69, 9.17) is 11.6 Å². The first-order valence-electron chi connectivity index (χ1n) is 11.5. The number of rotatable bonds is 9. The van der Waals surface area contributed by atoms with Gasteiger partial charge in [-0.1, -0.05) is 42.8 Å². The largest absolute Gasteiger partial charge is 0.508 e. The Morgan fingerprint density at radius 3 is 2.47 bits per heavy atom. The molecular formula is C28H25ClN2O4S. The van der Waals surface area contributed by atoms with Gasteiger partial charge in [-0.25, -0.2) is 9.78 Å². The third-order valence-electron chi connectivity index (χ3n) is 5.78. The van der Waals surface area contributed by atoms with Crippen LogP contribution in [0.5, 0.6) is 5.75 Å². The monoisotopic (exact) mass is 520 g/mol. The molecular weight excluding hydrogens is 496 g/mol. The second kappa shape index (κ2) is 11.5. The molecule has 1 heterocycles. The van der Waals surface area contributed by atoms with Gasteiger partial charge in [-0.05, 0) is 72.5 Å². The Bertz CT molecular complexity index is 1410. The van der Waals surface area contributed by atoms with Crippen molar-refractivity contribution in [2.24, 2.45) is 0 Å². The molecule has 0 spiro atoms. The number of carboxylic acids is 1. The second-order valence-corrected chi connectivity index (χ2v) is 9.89. The number of carbonyl (C=O) groups excluding carboxylic acids is 1. The molecule has 0 aliphatic rings. The number of nitrogens with zero attached hydrogens (tertiary/aromatic N) is 1. The highest BCUT2D eigenvalue weighted by Crippen LogP contribution is 2.28. The lowest BCUT2D eigenvalue weighted by molar-refractivity contribution is 0.0699. The summed E-state index contributed by atoms with van der Waals surface area (Å²) in [5.41, 5.74) is 2.45. The van der Waals surface area contributed by atoms with Gasteiger partial charge >= 0.3 is 5.97 Å². The number of phenols is 1. The number of carboxylic acid groups (broad SMARTS) is 1. The average molecular weight is 521 g/mol. The molecule has 0 bridgehead atoms. The van der Waals surface area contributed by atoms with Crippen molar-refractivity contribution in [2.45, 2.75) is 36.5 Å². The van der Waals surface area contributed by atoms with E-state index in [1.54, 1.807) is 30.0 Å². The van der Waals surface area contributed by atoms with Crippen LogP contribution < -0.4 is 5.32 Å². The van der Waals surface area contributed by atoms with Crippen molar-refractivity contribution in [3.63, 3.8) is 0 Å². The number of thioether (sulfide) groups is 1. The molecule has 1 aromatic heterocycles. The highest BCUT2D eigenvalue weighted by Gasteiger charge is 2.19. The quantitative estimate of drug-likeness (QED) is 0.223. The van der Waals surface area contributed by atoms with Gasteiger partial charge < -0.3 is 15.5 Å². The number of halogens is 1. The Hall–Kier alpha value is -3.55. The van der Waals surface area contributed by atoms with Crippen molar-refractivity contribution in [3.8, 4) is 5.75 Å². The van der Waals surface area contributed by atoms with Crippen molar-refractivity contribution < 1.29 is 19.8 Å². The Morgan fingerprint density at radius 1 is 1.03 bits per heavy atom. The third-order valence-corrected chi connectivity index (χ3v) is 7.08. The number of aromatic nitrogens is 1. The zero-order valence-electron chi connectivity index (χ0n) is 19.6. The molecule has 0 fully saturated rings. The van der Waals surface area contributed by atoms with Gasteiger partial charge in [-0.15, -0.1) is 11.8 Å². The van der Waals surface area contributed by atoms with Crippen molar-refractivity contribution in [2.75, 3.05) is 0 Å². The highest BCUT2D eigenvalue weighted by atomic mass is 35.5. The van der Waals surface area contributed by atoms with E-state index in [1.807, 2.05) is 55.5 Å². The molecule has 6 nitrogen and oxygen atoms in total. The van der Waals surface area contributed by atoms with Gasteiger partial charge in [0.1, 0.15) is 11.4 Å². The maximum atomic E-state index is 13.0. The average Bonchev–Trinajstić information content (AvgIpc) is 2.87. The van der Waals surface area contributed by atoms with Gasteiger partial charge in [0.15, 0.2) is 0 Å². The fourth-order valence-corrected chi connectivity index (χ4v) is 5.01. The molecule has 3 N–H and O–H groups in total. The Labute approximate surface area is 218 Å². The number of hydrogen-bond acceptors (Lipinski definition) is 5. The molecule has 1 atom stereocenters. The van der Waals surface area contributed by atoms with Crippen molar-refractivity contribution >= 4 is 46.1 Å². The Balaban J connectivity index is 1.54. The van der Waals surface area contributed by atoms with Crippen molar-refractivity contribution in [1.82, 2.24) is 10.3 Å². The number of pyridine rings is 1. The van der Waals surface area contributed by atoms with Crippen LogP contribution in [-0.2, 0) is 12.2 Å².